The lowest BCUT2D eigenvalue weighted by molar-refractivity contribution is 0.328. The van der Waals surface area contributed by atoms with Crippen molar-refractivity contribution >= 4 is 10.9 Å². The third kappa shape index (κ3) is 2.97. The van der Waals surface area contributed by atoms with Crippen molar-refractivity contribution < 1.29 is 13.5 Å². The molecule has 3 rings (SSSR count). The second-order valence-corrected chi connectivity index (χ2v) is 5.02. The molecule has 1 aromatic carbocycles. The van der Waals surface area contributed by atoms with Gasteiger partial charge in [0.15, 0.2) is 0 Å². The van der Waals surface area contributed by atoms with Crippen LogP contribution < -0.4 is 10.4 Å². The summed E-state index contributed by atoms with van der Waals surface area (Å²) < 4.78 is 33.7. The van der Waals surface area contributed by atoms with E-state index in [2.05, 4.69) is 15.4 Å². The molecule has 0 aliphatic heterocycles. The summed E-state index contributed by atoms with van der Waals surface area (Å²) in [7, 11) is 0. The number of ether oxygens (including phenoxy) is 1. The first kappa shape index (κ1) is 16.0. The van der Waals surface area contributed by atoms with Crippen molar-refractivity contribution in [3.05, 3.63) is 40.6 Å². The largest absolute Gasteiger partial charge is 0.478 e. The van der Waals surface area contributed by atoms with Crippen LogP contribution in [0, 0.1) is 5.82 Å². The molecule has 0 fully saturated rings. The van der Waals surface area contributed by atoms with Crippen LogP contribution in [0.4, 0.5) is 8.78 Å². The fourth-order valence-corrected chi connectivity index (χ4v) is 2.28. The monoisotopic (exact) mass is 335 g/mol. The Morgan fingerprint density at radius 2 is 2.08 bits per heavy atom. The van der Waals surface area contributed by atoms with Crippen molar-refractivity contribution in [1.82, 2.24) is 24.8 Å². The van der Waals surface area contributed by atoms with E-state index < -0.39 is 18.2 Å². The fraction of sp³-hybridized carbons (Fsp3) is 0.333. The van der Waals surface area contributed by atoms with E-state index in [1.54, 1.807) is 12.1 Å². The molecule has 0 aliphatic rings. The number of aryl methyl sites for hydroxylation is 1. The number of pyridine rings is 1. The molecule has 0 unspecified atom stereocenters. The Hall–Kier alpha value is -2.84. The Labute approximate surface area is 135 Å². The second-order valence-electron chi connectivity index (χ2n) is 5.02. The smallest absolute Gasteiger partial charge is 0.368 e. The third-order valence-electron chi connectivity index (χ3n) is 3.40. The van der Waals surface area contributed by atoms with E-state index in [0.717, 1.165) is 9.36 Å². The molecule has 0 saturated carbocycles. The number of halogens is 2. The highest BCUT2D eigenvalue weighted by Gasteiger charge is 2.14. The number of alkyl halides is 1. The van der Waals surface area contributed by atoms with Gasteiger partial charge in [0.2, 0.25) is 5.88 Å². The average molecular weight is 335 g/mol. The summed E-state index contributed by atoms with van der Waals surface area (Å²) in [5.41, 5.74) is -0.245. The van der Waals surface area contributed by atoms with Crippen molar-refractivity contribution in [1.29, 1.82) is 0 Å². The number of fused-ring (bicyclic) bond motifs is 1. The fourth-order valence-electron chi connectivity index (χ4n) is 2.28. The highest BCUT2D eigenvalue weighted by atomic mass is 19.1. The summed E-state index contributed by atoms with van der Waals surface area (Å²) >= 11 is 0. The van der Waals surface area contributed by atoms with Gasteiger partial charge in [-0.1, -0.05) is 0 Å². The summed E-state index contributed by atoms with van der Waals surface area (Å²) in [6.07, 6.45) is 0.137. The van der Waals surface area contributed by atoms with Gasteiger partial charge in [0.1, 0.15) is 11.5 Å². The van der Waals surface area contributed by atoms with E-state index in [1.165, 1.54) is 12.1 Å². The second kappa shape index (κ2) is 6.73. The Kier molecular flexibility index (Phi) is 4.50. The first-order valence-electron chi connectivity index (χ1n) is 7.46. The van der Waals surface area contributed by atoms with Crippen molar-refractivity contribution in [2.45, 2.75) is 19.9 Å². The molecule has 0 bridgehead atoms. The Balaban J connectivity index is 2.07. The highest BCUT2D eigenvalue weighted by molar-refractivity contribution is 5.81. The lowest BCUT2D eigenvalue weighted by Crippen LogP contribution is -2.25. The Morgan fingerprint density at radius 3 is 2.83 bits per heavy atom. The molecule has 7 nitrogen and oxygen atoms in total. The van der Waals surface area contributed by atoms with Crippen LogP contribution in [0.5, 0.6) is 5.88 Å². The van der Waals surface area contributed by atoms with Gasteiger partial charge in [-0.15, -0.1) is 0 Å². The molecular weight excluding hydrogens is 320 g/mol. The molecule has 24 heavy (non-hydrogen) atoms. The number of tetrazole rings is 1. The summed E-state index contributed by atoms with van der Waals surface area (Å²) in [5, 5.41) is 7.86. The Bertz CT molecular complexity index is 922. The van der Waals surface area contributed by atoms with Gasteiger partial charge in [-0.2, -0.15) is 9.36 Å². The highest BCUT2D eigenvalue weighted by Crippen LogP contribution is 2.22. The lowest BCUT2D eigenvalue weighted by atomic mass is 10.2. The molecule has 0 N–H and O–H groups in total. The van der Waals surface area contributed by atoms with Crippen molar-refractivity contribution in [3.8, 4) is 11.6 Å². The molecule has 0 saturated heterocycles. The molecule has 2 aromatic heterocycles. The first-order valence-corrected chi connectivity index (χ1v) is 7.46. The van der Waals surface area contributed by atoms with Crippen LogP contribution in [0.2, 0.25) is 0 Å². The van der Waals surface area contributed by atoms with Gasteiger partial charge in [0, 0.05) is 11.5 Å². The van der Waals surface area contributed by atoms with E-state index in [9.17, 15) is 13.6 Å². The first-order chi connectivity index (χ1) is 11.6. The topological polar surface area (TPSA) is 74.8 Å². The number of hydrogen-bond acceptors (Lipinski definition) is 5. The minimum atomic E-state index is -0.636. The molecule has 0 atom stereocenters. The molecule has 9 heteroatoms. The molecule has 0 spiro atoms. The minimum Gasteiger partial charge on any atom is -0.478 e. The average Bonchev–Trinajstić information content (AvgIpc) is 2.93. The van der Waals surface area contributed by atoms with Crippen LogP contribution in [0.15, 0.2) is 29.1 Å². The van der Waals surface area contributed by atoms with Crippen LogP contribution in [-0.2, 0) is 6.54 Å². The number of aromatic nitrogens is 5. The van der Waals surface area contributed by atoms with Gasteiger partial charge in [0.05, 0.1) is 25.3 Å². The van der Waals surface area contributed by atoms with Crippen LogP contribution >= 0.6 is 0 Å². The van der Waals surface area contributed by atoms with Gasteiger partial charge < -0.3 is 4.74 Å². The summed E-state index contributed by atoms with van der Waals surface area (Å²) in [6, 6.07) is 5.99. The van der Waals surface area contributed by atoms with Crippen LogP contribution in [0.1, 0.15) is 13.3 Å². The predicted molar refractivity (Wildman–Crippen MR) is 82.6 cm³/mol. The molecule has 3 aromatic rings. The standard InChI is InChI=1S/C15H15F2N5O2/c1-2-24-14-5-4-10-8-11(17)13(9-12(10)18-14)22-15(23)21(19-20-22)7-3-6-16/h4-5,8-9H,2-3,6-7H2,1H3. The summed E-state index contributed by atoms with van der Waals surface area (Å²) in [5.74, 6) is -0.227. The van der Waals surface area contributed by atoms with Crippen LogP contribution in [0.3, 0.4) is 0 Å². The van der Waals surface area contributed by atoms with Gasteiger partial charge in [-0.25, -0.2) is 14.2 Å². The lowest BCUT2D eigenvalue weighted by Gasteiger charge is -2.06. The summed E-state index contributed by atoms with van der Waals surface area (Å²) in [4.78, 5) is 16.5. The Morgan fingerprint density at radius 1 is 1.25 bits per heavy atom. The SMILES string of the molecule is CCOc1ccc2cc(F)c(-n3nnn(CCCF)c3=O)cc2n1. The van der Waals surface area contributed by atoms with E-state index >= 15 is 0 Å². The minimum absolute atomic E-state index is 0.0693. The van der Waals surface area contributed by atoms with E-state index in [4.69, 9.17) is 4.74 Å². The van der Waals surface area contributed by atoms with E-state index in [0.29, 0.717) is 23.4 Å². The van der Waals surface area contributed by atoms with E-state index in [-0.39, 0.29) is 18.7 Å². The zero-order valence-corrected chi connectivity index (χ0v) is 12.9. The van der Waals surface area contributed by atoms with Crippen LogP contribution in [0.25, 0.3) is 16.6 Å². The summed E-state index contributed by atoms with van der Waals surface area (Å²) in [6.45, 7) is 1.79. The van der Waals surface area contributed by atoms with E-state index in [1.807, 2.05) is 6.92 Å². The van der Waals surface area contributed by atoms with Crippen LogP contribution in [-0.4, -0.2) is 38.1 Å². The van der Waals surface area contributed by atoms with Crippen molar-refractivity contribution in [2.75, 3.05) is 13.3 Å². The molecule has 0 aliphatic carbocycles. The van der Waals surface area contributed by atoms with Gasteiger partial charge in [-0.3, -0.25) is 4.39 Å². The quantitative estimate of drug-likeness (QED) is 0.687. The zero-order valence-electron chi connectivity index (χ0n) is 12.9. The maximum atomic E-state index is 14.3. The maximum absolute atomic E-state index is 14.3. The van der Waals surface area contributed by atoms with Gasteiger partial charge in [-0.05, 0) is 42.0 Å². The van der Waals surface area contributed by atoms with Gasteiger partial charge in [0.25, 0.3) is 0 Å². The number of benzene rings is 1. The normalized spacial score (nSPS) is 11.1. The molecular formula is C15H15F2N5O2. The van der Waals surface area contributed by atoms with Gasteiger partial charge >= 0.3 is 5.69 Å². The van der Waals surface area contributed by atoms with Crippen molar-refractivity contribution in [3.63, 3.8) is 0 Å². The maximum Gasteiger partial charge on any atom is 0.368 e. The molecule has 126 valence electrons. The van der Waals surface area contributed by atoms with Crippen molar-refractivity contribution in [2.24, 2.45) is 0 Å². The zero-order chi connectivity index (χ0) is 17.1. The number of hydrogen-bond donors (Lipinski definition) is 0. The number of rotatable bonds is 6. The molecule has 2 heterocycles. The third-order valence-corrected chi connectivity index (χ3v) is 3.40. The number of nitrogens with zero attached hydrogens (tertiary/aromatic N) is 5. The molecule has 0 radical (unpaired) electrons. The molecule has 0 amide bonds. The predicted octanol–water partition coefficient (Wildman–Crippen LogP) is 1.87.